The van der Waals surface area contributed by atoms with Crippen molar-refractivity contribution in [1.29, 1.82) is 0 Å². The summed E-state index contributed by atoms with van der Waals surface area (Å²) in [5.74, 6) is 0.204. The summed E-state index contributed by atoms with van der Waals surface area (Å²) < 4.78 is 18.2. The molecular weight excluding hydrogens is 337 g/mol. The highest BCUT2D eigenvalue weighted by Gasteiger charge is 2.13. The molecule has 0 aliphatic heterocycles. The Hall–Kier alpha value is -1.72. The van der Waals surface area contributed by atoms with Crippen LogP contribution < -0.4 is 10.1 Å². The Bertz CT molecular complexity index is 634. The summed E-state index contributed by atoms with van der Waals surface area (Å²) in [4.78, 5) is 13.0. The molecule has 2 aromatic carbocycles. The standard InChI is InChI=1S/C17H17ClFNO2S/c1-12(23-16-8-2-13(18)3-9-16)17(21)20-10-11-22-15-6-4-14(19)5-7-15/h2-9,12H,10-11H2,1H3,(H,20,21)/t12-/m1/s1. The summed E-state index contributed by atoms with van der Waals surface area (Å²) in [6.07, 6.45) is 0. The lowest BCUT2D eigenvalue weighted by Crippen LogP contribution is -2.33. The molecule has 0 aromatic heterocycles. The second-order valence-electron chi connectivity index (χ2n) is 4.81. The third-order valence-corrected chi connectivity index (χ3v) is 4.34. The lowest BCUT2D eigenvalue weighted by molar-refractivity contribution is -0.120. The van der Waals surface area contributed by atoms with E-state index < -0.39 is 0 Å². The van der Waals surface area contributed by atoms with Crippen LogP contribution in [0, 0.1) is 5.82 Å². The number of ether oxygens (including phenoxy) is 1. The van der Waals surface area contributed by atoms with Gasteiger partial charge in [-0.2, -0.15) is 0 Å². The zero-order chi connectivity index (χ0) is 16.7. The minimum Gasteiger partial charge on any atom is -0.492 e. The third kappa shape index (κ3) is 6.12. The van der Waals surface area contributed by atoms with Gasteiger partial charge in [-0.25, -0.2) is 4.39 Å². The fraction of sp³-hybridized carbons (Fsp3) is 0.235. The molecule has 2 aromatic rings. The largest absolute Gasteiger partial charge is 0.492 e. The third-order valence-electron chi connectivity index (χ3n) is 2.98. The van der Waals surface area contributed by atoms with E-state index >= 15 is 0 Å². The Morgan fingerprint density at radius 3 is 2.52 bits per heavy atom. The van der Waals surface area contributed by atoms with Crippen LogP contribution in [0.25, 0.3) is 0 Å². The summed E-state index contributed by atoms with van der Waals surface area (Å²) in [5, 5.41) is 3.26. The maximum atomic E-state index is 12.7. The van der Waals surface area contributed by atoms with Gasteiger partial charge in [0.25, 0.3) is 0 Å². The summed E-state index contributed by atoms with van der Waals surface area (Å²) in [6.45, 7) is 2.56. The number of hydrogen-bond acceptors (Lipinski definition) is 3. The van der Waals surface area contributed by atoms with Crippen LogP contribution in [0.2, 0.25) is 5.02 Å². The van der Waals surface area contributed by atoms with Gasteiger partial charge in [-0.3, -0.25) is 4.79 Å². The maximum Gasteiger partial charge on any atom is 0.233 e. The SMILES string of the molecule is C[C@@H](Sc1ccc(Cl)cc1)C(=O)NCCOc1ccc(F)cc1. The zero-order valence-corrected chi connectivity index (χ0v) is 14.2. The van der Waals surface area contributed by atoms with E-state index in [9.17, 15) is 9.18 Å². The predicted octanol–water partition coefficient (Wildman–Crippen LogP) is 4.15. The van der Waals surface area contributed by atoms with Crippen LogP contribution in [-0.4, -0.2) is 24.3 Å². The number of rotatable bonds is 7. The van der Waals surface area contributed by atoms with Crippen LogP contribution in [0.1, 0.15) is 6.92 Å². The molecule has 3 nitrogen and oxygen atoms in total. The Balaban J connectivity index is 1.69. The molecule has 6 heteroatoms. The fourth-order valence-electron chi connectivity index (χ4n) is 1.79. The first kappa shape index (κ1) is 17.6. The van der Waals surface area contributed by atoms with E-state index in [1.807, 2.05) is 19.1 Å². The van der Waals surface area contributed by atoms with Crippen molar-refractivity contribution in [3.63, 3.8) is 0 Å². The second kappa shape index (κ2) is 8.79. The first-order valence-corrected chi connectivity index (χ1v) is 8.38. The number of thioether (sulfide) groups is 1. The molecule has 1 atom stereocenters. The van der Waals surface area contributed by atoms with E-state index in [1.54, 1.807) is 24.3 Å². The van der Waals surface area contributed by atoms with Crippen LogP contribution in [0.5, 0.6) is 5.75 Å². The average molecular weight is 354 g/mol. The quantitative estimate of drug-likeness (QED) is 0.600. The highest BCUT2D eigenvalue weighted by Crippen LogP contribution is 2.24. The summed E-state index contributed by atoms with van der Waals surface area (Å²) >= 11 is 7.29. The van der Waals surface area contributed by atoms with Gasteiger partial charge in [0.1, 0.15) is 18.2 Å². The van der Waals surface area contributed by atoms with Gasteiger partial charge in [-0.1, -0.05) is 11.6 Å². The molecule has 23 heavy (non-hydrogen) atoms. The minimum absolute atomic E-state index is 0.0624. The van der Waals surface area contributed by atoms with E-state index in [-0.39, 0.29) is 17.0 Å². The first-order chi connectivity index (χ1) is 11.0. The number of amides is 1. The van der Waals surface area contributed by atoms with E-state index in [1.165, 1.54) is 23.9 Å². The molecule has 1 amide bonds. The molecule has 0 heterocycles. The Morgan fingerprint density at radius 2 is 1.87 bits per heavy atom. The van der Waals surface area contributed by atoms with Gasteiger partial charge in [0, 0.05) is 9.92 Å². The van der Waals surface area contributed by atoms with Gasteiger partial charge in [-0.05, 0) is 55.5 Å². The number of halogens is 2. The monoisotopic (exact) mass is 353 g/mol. The number of hydrogen-bond donors (Lipinski definition) is 1. The van der Waals surface area contributed by atoms with E-state index in [0.717, 1.165) is 4.90 Å². The molecule has 122 valence electrons. The lowest BCUT2D eigenvalue weighted by Gasteiger charge is -2.12. The zero-order valence-electron chi connectivity index (χ0n) is 12.6. The lowest BCUT2D eigenvalue weighted by atomic mass is 10.3. The van der Waals surface area contributed by atoms with E-state index in [4.69, 9.17) is 16.3 Å². The van der Waals surface area contributed by atoms with Crippen molar-refractivity contribution in [3.05, 3.63) is 59.4 Å². The second-order valence-corrected chi connectivity index (χ2v) is 6.66. The van der Waals surface area contributed by atoms with Crippen molar-refractivity contribution in [2.24, 2.45) is 0 Å². The van der Waals surface area contributed by atoms with Gasteiger partial charge < -0.3 is 10.1 Å². The van der Waals surface area contributed by atoms with Gasteiger partial charge in [0.2, 0.25) is 5.91 Å². The molecule has 0 saturated heterocycles. The van der Waals surface area contributed by atoms with E-state index in [2.05, 4.69) is 5.32 Å². The van der Waals surface area contributed by atoms with Crippen molar-refractivity contribution in [2.45, 2.75) is 17.1 Å². The summed E-state index contributed by atoms with van der Waals surface area (Å²) in [7, 11) is 0. The molecule has 0 saturated carbocycles. The molecule has 0 unspecified atom stereocenters. The smallest absolute Gasteiger partial charge is 0.233 e. The summed E-state index contributed by atoms with van der Waals surface area (Å²) in [5.41, 5.74) is 0. The van der Waals surface area contributed by atoms with Gasteiger partial charge >= 0.3 is 0 Å². The normalized spacial score (nSPS) is 11.8. The summed E-state index contributed by atoms with van der Waals surface area (Å²) in [6, 6.07) is 13.1. The van der Waals surface area contributed by atoms with Crippen molar-refractivity contribution >= 4 is 29.3 Å². The average Bonchev–Trinajstić information content (AvgIpc) is 2.55. The first-order valence-electron chi connectivity index (χ1n) is 7.13. The van der Waals surface area contributed by atoms with Crippen molar-refractivity contribution in [2.75, 3.05) is 13.2 Å². The molecule has 0 radical (unpaired) electrons. The number of benzene rings is 2. The fourth-order valence-corrected chi connectivity index (χ4v) is 2.81. The molecule has 1 N–H and O–H groups in total. The van der Waals surface area contributed by atoms with Crippen LogP contribution in [0.3, 0.4) is 0 Å². The number of nitrogens with one attached hydrogen (secondary N) is 1. The van der Waals surface area contributed by atoms with Crippen molar-refractivity contribution in [3.8, 4) is 5.75 Å². The predicted molar refractivity (Wildman–Crippen MR) is 91.7 cm³/mol. The van der Waals surface area contributed by atoms with Gasteiger partial charge in [-0.15, -0.1) is 11.8 Å². The van der Waals surface area contributed by atoms with Crippen molar-refractivity contribution in [1.82, 2.24) is 5.32 Å². The maximum absolute atomic E-state index is 12.7. The molecule has 0 aliphatic carbocycles. The Morgan fingerprint density at radius 1 is 1.22 bits per heavy atom. The van der Waals surface area contributed by atoms with Crippen LogP contribution in [0.4, 0.5) is 4.39 Å². The van der Waals surface area contributed by atoms with Gasteiger partial charge in [0.15, 0.2) is 0 Å². The Labute approximate surface area is 144 Å². The molecule has 0 fully saturated rings. The van der Waals surface area contributed by atoms with Gasteiger partial charge in [0.05, 0.1) is 11.8 Å². The van der Waals surface area contributed by atoms with Crippen LogP contribution in [-0.2, 0) is 4.79 Å². The molecule has 2 rings (SSSR count). The van der Waals surface area contributed by atoms with E-state index in [0.29, 0.717) is 23.9 Å². The highest BCUT2D eigenvalue weighted by molar-refractivity contribution is 8.00. The topological polar surface area (TPSA) is 38.3 Å². The van der Waals surface area contributed by atoms with Crippen LogP contribution in [0.15, 0.2) is 53.4 Å². The molecule has 0 spiro atoms. The van der Waals surface area contributed by atoms with Crippen molar-refractivity contribution < 1.29 is 13.9 Å². The highest BCUT2D eigenvalue weighted by atomic mass is 35.5. The number of carbonyl (C=O) groups is 1. The molecule has 0 aliphatic rings. The minimum atomic E-state index is -0.307. The van der Waals surface area contributed by atoms with Crippen LogP contribution >= 0.6 is 23.4 Å². The molecular formula is C17H17ClFNO2S. The molecule has 0 bridgehead atoms. The number of carbonyl (C=O) groups excluding carboxylic acids is 1. The Kier molecular flexibility index (Phi) is 6.74.